The molecule has 0 radical (unpaired) electrons. The van der Waals surface area contributed by atoms with Gasteiger partial charge in [0.1, 0.15) is 0 Å². The van der Waals surface area contributed by atoms with Crippen molar-refractivity contribution in [2.24, 2.45) is 0 Å². The standard InChI is InChI=1S/C15H24N4O4S2/c1-4-19(5-2)12(21)9-7-8-11(20)16-14-17-18-15(25-14)24-10-13(22)23-6-3/h4-10H2,1-3H3,(H,16,17,20). The van der Waals surface area contributed by atoms with E-state index in [2.05, 4.69) is 15.5 Å². The number of thioether (sulfide) groups is 1. The van der Waals surface area contributed by atoms with E-state index in [0.717, 1.165) is 0 Å². The van der Waals surface area contributed by atoms with Crippen molar-refractivity contribution in [3.8, 4) is 0 Å². The molecule has 25 heavy (non-hydrogen) atoms. The number of anilines is 1. The molecule has 8 nitrogen and oxygen atoms in total. The van der Waals surface area contributed by atoms with E-state index in [4.69, 9.17) is 4.74 Å². The lowest BCUT2D eigenvalue weighted by Gasteiger charge is -2.18. The molecule has 1 heterocycles. The summed E-state index contributed by atoms with van der Waals surface area (Å²) in [5, 5.41) is 10.8. The van der Waals surface area contributed by atoms with E-state index in [-0.39, 0.29) is 30.0 Å². The fourth-order valence-electron chi connectivity index (χ4n) is 1.96. The molecule has 1 aromatic rings. The molecule has 10 heteroatoms. The summed E-state index contributed by atoms with van der Waals surface area (Å²) in [4.78, 5) is 36.8. The molecule has 140 valence electrons. The molecule has 0 aliphatic heterocycles. The highest BCUT2D eigenvalue weighted by Crippen LogP contribution is 2.25. The summed E-state index contributed by atoms with van der Waals surface area (Å²) in [6.45, 7) is 7.31. The number of nitrogens with zero attached hydrogens (tertiary/aromatic N) is 3. The summed E-state index contributed by atoms with van der Waals surface area (Å²) in [5.74, 6) is -0.299. The van der Waals surface area contributed by atoms with Gasteiger partial charge in [-0.25, -0.2) is 0 Å². The van der Waals surface area contributed by atoms with Gasteiger partial charge in [-0.2, -0.15) is 0 Å². The van der Waals surface area contributed by atoms with Gasteiger partial charge in [-0.3, -0.25) is 14.4 Å². The number of rotatable bonds is 11. The van der Waals surface area contributed by atoms with Gasteiger partial charge < -0.3 is 15.0 Å². The van der Waals surface area contributed by atoms with Gasteiger partial charge in [-0.15, -0.1) is 10.2 Å². The van der Waals surface area contributed by atoms with Crippen LogP contribution in [0.3, 0.4) is 0 Å². The lowest BCUT2D eigenvalue weighted by molar-refractivity contribution is -0.139. The van der Waals surface area contributed by atoms with Crippen LogP contribution >= 0.6 is 23.1 Å². The van der Waals surface area contributed by atoms with Crippen molar-refractivity contribution in [1.82, 2.24) is 15.1 Å². The number of hydrogen-bond acceptors (Lipinski definition) is 8. The average molecular weight is 389 g/mol. The Morgan fingerprint density at radius 3 is 2.52 bits per heavy atom. The third kappa shape index (κ3) is 8.30. The Bertz CT molecular complexity index is 576. The van der Waals surface area contributed by atoms with Crippen molar-refractivity contribution < 1.29 is 19.1 Å². The number of carbonyl (C=O) groups is 3. The number of amides is 2. The van der Waals surface area contributed by atoms with E-state index in [1.807, 2.05) is 13.8 Å². The van der Waals surface area contributed by atoms with Crippen LogP contribution in [0, 0.1) is 0 Å². The second kappa shape index (κ2) is 11.8. The molecule has 0 atom stereocenters. The van der Waals surface area contributed by atoms with Gasteiger partial charge in [0.15, 0.2) is 4.34 Å². The highest BCUT2D eigenvalue weighted by atomic mass is 32.2. The van der Waals surface area contributed by atoms with Crippen LogP contribution < -0.4 is 5.32 Å². The third-order valence-electron chi connectivity index (χ3n) is 3.18. The van der Waals surface area contributed by atoms with Crippen molar-refractivity contribution in [3.05, 3.63) is 0 Å². The van der Waals surface area contributed by atoms with Crippen molar-refractivity contribution in [3.63, 3.8) is 0 Å². The van der Waals surface area contributed by atoms with E-state index in [1.54, 1.807) is 11.8 Å². The first-order chi connectivity index (χ1) is 12.0. The van der Waals surface area contributed by atoms with E-state index in [1.165, 1.54) is 23.1 Å². The largest absolute Gasteiger partial charge is 0.465 e. The SMILES string of the molecule is CCOC(=O)CSc1nnc(NC(=O)CCCC(=O)N(CC)CC)s1. The number of nitrogens with one attached hydrogen (secondary N) is 1. The number of carbonyl (C=O) groups excluding carboxylic acids is 3. The number of esters is 1. The Morgan fingerprint density at radius 1 is 1.16 bits per heavy atom. The van der Waals surface area contributed by atoms with Crippen LogP contribution in [0.2, 0.25) is 0 Å². The summed E-state index contributed by atoms with van der Waals surface area (Å²) in [6.07, 6.45) is 1.09. The first-order valence-electron chi connectivity index (χ1n) is 8.19. The van der Waals surface area contributed by atoms with Crippen molar-refractivity contribution in [2.45, 2.75) is 44.4 Å². The number of hydrogen-bond donors (Lipinski definition) is 1. The lowest BCUT2D eigenvalue weighted by Crippen LogP contribution is -2.30. The molecule has 1 aromatic heterocycles. The first kappa shape index (κ1) is 21.4. The zero-order valence-electron chi connectivity index (χ0n) is 14.7. The lowest BCUT2D eigenvalue weighted by atomic mass is 10.2. The quantitative estimate of drug-likeness (QED) is 0.352. The second-order valence-electron chi connectivity index (χ2n) is 4.93. The minimum atomic E-state index is -0.314. The van der Waals surface area contributed by atoms with Crippen LogP contribution in [0.4, 0.5) is 5.13 Å². The van der Waals surface area contributed by atoms with E-state index < -0.39 is 0 Å². The number of ether oxygens (including phenoxy) is 1. The van der Waals surface area contributed by atoms with E-state index in [9.17, 15) is 14.4 Å². The molecule has 0 saturated heterocycles. The summed E-state index contributed by atoms with van der Waals surface area (Å²) < 4.78 is 5.41. The van der Waals surface area contributed by atoms with Crippen molar-refractivity contribution in [2.75, 3.05) is 30.8 Å². The summed E-state index contributed by atoms with van der Waals surface area (Å²) in [6, 6.07) is 0. The van der Waals surface area contributed by atoms with Crippen molar-refractivity contribution in [1.29, 1.82) is 0 Å². The topological polar surface area (TPSA) is 101 Å². The van der Waals surface area contributed by atoms with Crippen LogP contribution in [-0.2, 0) is 19.1 Å². The summed E-state index contributed by atoms with van der Waals surface area (Å²) >= 11 is 2.41. The van der Waals surface area contributed by atoms with Crippen LogP contribution in [0.1, 0.15) is 40.0 Å². The van der Waals surface area contributed by atoms with Gasteiger partial charge in [-0.1, -0.05) is 23.1 Å². The molecule has 1 N–H and O–H groups in total. The Labute approximate surface area is 155 Å². The third-order valence-corrected chi connectivity index (χ3v) is 5.13. The fourth-order valence-corrected chi connectivity index (χ4v) is 3.52. The highest BCUT2D eigenvalue weighted by molar-refractivity contribution is 8.01. The van der Waals surface area contributed by atoms with E-state index in [0.29, 0.717) is 42.0 Å². The van der Waals surface area contributed by atoms with Gasteiger partial charge in [0.25, 0.3) is 0 Å². The highest BCUT2D eigenvalue weighted by Gasteiger charge is 2.13. The fraction of sp³-hybridized carbons (Fsp3) is 0.667. The molecule has 0 aromatic carbocycles. The Kier molecular flexibility index (Phi) is 10.1. The minimum Gasteiger partial charge on any atom is -0.465 e. The zero-order chi connectivity index (χ0) is 18.7. The van der Waals surface area contributed by atoms with Gasteiger partial charge in [0.05, 0.1) is 12.4 Å². The van der Waals surface area contributed by atoms with Crippen LogP contribution in [0.15, 0.2) is 4.34 Å². The Balaban J connectivity index is 2.31. The van der Waals surface area contributed by atoms with Crippen molar-refractivity contribution >= 4 is 46.0 Å². The molecule has 0 saturated carbocycles. The monoisotopic (exact) mass is 388 g/mol. The van der Waals surface area contributed by atoms with Gasteiger partial charge >= 0.3 is 5.97 Å². The maximum absolute atomic E-state index is 11.9. The maximum atomic E-state index is 11.9. The van der Waals surface area contributed by atoms with Gasteiger partial charge in [0.2, 0.25) is 16.9 Å². The predicted octanol–water partition coefficient (Wildman–Crippen LogP) is 2.17. The molecule has 0 aliphatic carbocycles. The Hall–Kier alpha value is -1.68. The molecule has 0 unspecified atom stereocenters. The molecule has 0 spiro atoms. The molecule has 0 aliphatic rings. The van der Waals surface area contributed by atoms with Gasteiger partial charge in [0, 0.05) is 25.9 Å². The number of aromatic nitrogens is 2. The normalized spacial score (nSPS) is 10.4. The summed E-state index contributed by atoms with van der Waals surface area (Å²) in [7, 11) is 0. The Morgan fingerprint density at radius 2 is 1.88 bits per heavy atom. The zero-order valence-corrected chi connectivity index (χ0v) is 16.4. The molecule has 0 fully saturated rings. The smallest absolute Gasteiger partial charge is 0.316 e. The molecule has 1 rings (SSSR count). The maximum Gasteiger partial charge on any atom is 0.316 e. The minimum absolute atomic E-state index is 0.0615. The predicted molar refractivity (Wildman–Crippen MR) is 97.7 cm³/mol. The first-order valence-corrected chi connectivity index (χ1v) is 9.99. The van der Waals surface area contributed by atoms with Gasteiger partial charge in [-0.05, 0) is 27.2 Å². The van der Waals surface area contributed by atoms with Crippen LogP contribution in [0.5, 0.6) is 0 Å². The van der Waals surface area contributed by atoms with E-state index >= 15 is 0 Å². The van der Waals surface area contributed by atoms with Crippen LogP contribution in [0.25, 0.3) is 0 Å². The second-order valence-corrected chi connectivity index (χ2v) is 7.13. The summed E-state index contributed by atoms with van der Waals surface area (Å²) in [5.41, 5.74) is 0. The molecule has 2 amide bonds. The molecular weight excluding hydrogens is 364 g/mol. The molecular formula is C15H24N4O4S2. The average Bonchev–Trinajstić information content (AvgIpc) is 3.01. The van der Waals surface area contributed by atoms with Crippen LogP contribution in [-0.4, -0.2) is 58.3 Å². The molecule has 0 bridgehead atoms.